The quantitative estimate of drug-likeness (QED) is 0.768. The molecule has 0 radical (unpaired) electrons. The molecule has 4 rings (SSSR count). The van der Waals surface area contributed by atoms with E-state index in [1.54, 1.807) is 37.3 Å². The number of hydrogen-bond acceptors (Lipinski definition) is 3. The van der Waals surface area contributed by atoms with Gasteiger partial charge < -0.3 is 5.32 Å². The molecule has 7 heteroatoms. The summed E-state index contributed by atoms with van der Waals surface area (Å²) < 4.78 is 16.4. The third kappa shape index (κ3) is 2.95. The fourth-order valence-electron chi connectivity index (χ4n) is 3.17. The van der Waals surface area contributed by atoms with Gasteiger partial charge in [0.25, 0.3) is 5.56 Å². The molecule has 1 amide bonds. The minimum absolute atomic E-state index is 0.137. The van der Waals surface area contributed by atoms with E-state index in [-0.39, 0.29) is 23.0 Å². The third-order valence-electron chi connectivity index (χ3n) is 4.78. The number of fused-ring (bicyclic) bond motifs is 1. The van der Waals surface area contributed by atoms with Crippen molar-refractivity contribution in [3.8, 4) is 5.69 Å². The number of hydrogen-bond donors (Lipinski definition) is 1. The zero-order chi connectivity index (χ0) is 19.1. The maximum absolute atomic E-state index is 14.3. The molecular weight excluding hydrogens is 349 g/mol. The fraction of sp³-hybridized carbons (Fsp3) is 0.250. The van der Waals surface area contributed by atoms with Crippen LogP contribution in [0.3, 0.4) is 0 Å². The molecule has 1 aliphatic rings. The average Bonchev–Trinajstić information content (AvgIpc) is 3.47. The first-order chi connectivity index (χ1) is 13.0. The molecular formula is C20H18FN3O3. The molecule has 0 aliphatic heterocycles. The first-order valence-corrected chi connectivity index (χ1v) is 8.80. The Bertz CT molecular complexity index is 1160. The van der Waals surface area contributed by atoms with Crippen LogP contribution in [0.2, 0.25) is 0 Å². The van der Waals surface area contributed by atoms with E-state index in [2.05, 4.69) is 5.32 Å². The molecule has 1 aliphatic carbocycles. The van der Waals surface area contributed by atoms with Gasteiger partial charge in [-0.2, -0.15) is 0 Å². The van der Waals surface area contributed by atoms with E-state index in [0.717, 1.165) is 17.4 Å². The standard InChI is InChI=1S/C20H18FN3O3/c1-12(18(25)22-13-10-11-13)23-16-8-4-2-6-14(16)19(26)24(20(23)27)17-9-5-3-7-15(17)21/h2-9,12-13H,10-11H2,1H3,(H,22,25)/t12-/m0/s1. The minimum Gasteiger partial charge on any atom is -0.352 e. The smallest absolute Gasteiger partial charge is 0.336 e. The number of rotatable bonds is 4. The largest absolute Gasteiger partial charge is 0.352 e. The second-order valence-corrected chi connectivity index (χ2v) is 6.72. The van der Waals surface area contributed by atoms with Crippen LogP contribution in [0, 0.1) is 5.82 Å². The van der Waals surface area contributed by atoms with Crippen LogP contribution in [-0.2, 0) is 4.79 Å². The maximum atomic E-state index is 14.3. The molecule has 138 valence electrons. The number of para-hydroxylation sites is 2. The molecule has 27 heavy (non-hydrogen) atoms. The van der Waals surface area contributed by atoms with E-state index >= 15 is 0 Å². The van der Waals surface area contributed by atoms with Crippen molar-refractivity contribution in [3.05, 3.63) is 75.2 Å². The molecule has 1 N–H and O–H groups in total. The number of nitrogens with zero attached hydrogens (tertiary/aromatic N) is 2. The van der Waals surface area contributed by atoms with Crippen molar-refractivity contribution >= 4 is 16.8 Å². The van der Waals surface area contributed by atoms with E-state index in [0.29, 0.717) is 5.52 Å². The normalized spacial score (nSPS) is 14.9. The third-order valence-corrected chi connectivity index (χ3v) is 4.78. The lowest BCUT2D eigenvalue weighted by Gasteiger charge is -2.19. The van der Waals surface area contributed by atoms with Crippen molar-refractivity contribution < 1.29 is 9.18 Å². The number of nitrogens with one attached hydrogen (secondary N) is 1. The number of halogens is 1. The van der Waals surface area contributed by atoms with Crippen molar-refractivity contribution in [3.63, 3.8) is 0 Å². The van der Waals surface area contributed by atoms with Gasteiger partial charge in [-0.05, 0) is 44.0 Å². The summed E-state index contributed by atoms with van der Waals surface area (Å²) in [5.74, 6) is -0.989. The molecule has 0 spiro atoms. The molecule has 2 aromatic carbocycles. The summed E-state index contributed by atoms with van der Waals surface area (Å²) in [6.45, 7) is 1.60. The monoisotopic (exact) mass is 367 g/mol. The molecule has 3 aromatic rings. The van der Waals surface area contributed by atoms with Gasteiger partial charge in [0.1, 0.15) is 11.9 Å². The zero-order valence-corrected chi connectivity index (χ0v) is 14.7. The summed E-state index contributed by atoms with van der Waals surface area (Å²) >= 11 is 0. The van der Waals surface area contributed by atoms with Crippen LogP contribution in [0.4, 0.5) is 4.39 Å². The Hall–Kier alpha value is -3.22. The molecule has 0 saturated heterocycles. The van der Waals surface area contributed by atoms with Crippen LogP contribution in [0.1, 0.15) is 25.8 Å². The van der Waals surface area contributed by atoms with E-state index in [4.69, 9.17) is 0 Å². The Morgan fingerprint density at radius 1 is 1.11 bits per heavy atom. The Balaban J connectivity index is 2.00. The van der Waals surface area contributed by atoms with Crippen LogP contribution in [0.25, 0.3) is 16.6 Å². The van der Waals surface area contributed by atoms with Crippen LogP contribution >= 0.6 is 0 Å². The molecule has 0 bridgehead atoms. The number of carbonyl (C=O) groups is 1. The molecule has 1 fully saturated rings. The summed E-state index contributed by atoms with van der Waals surface area (Å²) in [7, 11) is 0. The lowest BCUT2D eigenvalue weighted by molar-refractivity contribution is -0.124. The van der Waals surface area contributed by atoms with Crippen LogP contribution in [-0.4, -0.2) is 21.1 Å². The highest BCUT2D eigenvalue weighted by Crippen LogP contribution is 2.21. The van der Waals surface area contributed by atoms with Crippen LogP contribution in [0.15, 0.2) is 58.1 Å². The van der Waals surface area contributed by atoms with Gasteiger partial charge in [0, 0.05) is 6.04 Å². The summed E-state index contributed by atoms with van der Waals surface area (Å²) in [5, 5.41) is 3.11. The second kappa shape index (κ2) is 6.50. The van der Waals surface area contributed by atoms with Gasteiger partial charge in [-0.15, -0.1) is 0 Å². The molecule has 1 atom stereocenters. The predicted molar refractivity (Wildman–Crippen MR) is 99.6 cm³/mol. The van der Waals surface area contributed by atoms with Gasteiger partial charge in [0.15, 0.2) is 0 Å². The summed E-state index contributed by atoms with van der Waals surface area (Å²) in [4.78, 5) is 38.7. The number of aromatic nitrogens is 2. The zero-order valence-electron chi connectivity index (χ0n) is 14.7. The Kier molecular flexibility index (Phi) is 4.14. The maximum Gasteiger partial charge on any atom is 0.336 e. The fourth-order valence-corrected chi connectivity index (χ4v) is 3.17. The van der Waals surface area contributed by atoms with Crippen molar-refractivity contribution in [2.24, 2.45) is 0 Å². The minimum atomic E-state index is -0.846. The molecule has 1 saturated carbocycles. The summed E-state index contributed by atoms with van der Waals surface area (Å²) in [6, 6.07) is 11.4. The summed E-state index contributed by atoms with van der Waals surface area (Å²) in [6.07, 6.45) is 1.84. The summed E-state index contributed by atoms with van der Waals surface area (Å²) in [5.41, 5.74) is -1.16. The first-order valence-electron chi connectivity index (χ1n) is 8.80. The van der Waals surface area contributed by atoms with Gasteiger partial charge in [0.2, 0.25) is 5.91 Å². The number of carbonyl (C=O) groups excluding carboxylic acids is 1. The van der Waals surface area contributed by atoms with Gasteiger partial charge in [0.05, 0.1) is 16.6 Å². The second-order valence-electron chi connectivity index (χ2n) is 6.72. The predicted octanol–water partition coefficient (Wildman–Crippen LogP) is 2.13. The average molecular weight is 367 g/mol. The lowest BCUT2D eigenvalue weighted by Crippen LogP contribution is -2.44. The van der Waals surface area contributed by atoms with E-state index < -0.39 is 23.1 Å². The van der Waals surface area contributed by atoms with Gasteiger partial charge in [-0.25, -0.2) is 13.8 Å². The van der Waals surface area contributed by atoms with Gasteiger partial charge in [-0.3, -0.25) is 14.2 Å². The van der Waals surface area contributed by atoms with Crippen molar-refractivity contribution in [1.82, 2.24) is 14.5 Å². The Morgan fingerprint density at radius 3 is 2.48 bits per heavy atom. The van der Waals surface area contributed by atoms with E-state index in [1.165, 1.54) is 22.8 Å². The molecule has 1 aromatic heterocycles. The highest BCUT2D eigenvalue weighted by atomic mass is 19.1. The SMILES string of the molecule is C[C@@H](C(=O)NC1CC1)n1c(=O)n(-c2ccccc2F)c(=O)c2ccccc21. The van der Waals surface area contributed by atoms with Crippen LogP contribution in [0.5, 0.6) is 0 Å². The number of amides is 1. The number of benzene rings is 2. The molecule has 1 heterocycles. The lowest BCUT2D eigenvalue weighted by atomic mass is 10.2. The van der Waals surface area contributed by atoms with Crippen molar-refractivity contribution in [2.75, 3.05) is 0 Å². The highest BCUT2D eigenvalue weighted by molar-refractivity contribution is 5.84. The highest BCUT2D eigenvalue weighted by Gasteiger charge is 2.28. The topological polar surface area (TPSA) is 73.1 Å². The molecule has 6 nitrogen and oxygen atoms in total. The van der Waals surface area contributed by atoms with Crippen molar-refractivity contribution in [2.45, 2.75) is 31.8 Å². The van der Waals surface area contributed by atoms with E-state index in [1.807, 2.05) is 0 Å². The van der Waals surface area contributed by atoms with Gasteiger partial charge in [-0.1, -0.05) is 24.3 Å². The van der Waals surface area contributed by atoms with E-state index in [9.17, 15) is 18.8 Å². The Labute approximate surface area is 153 Å². The van der Waals surface area contributed by atoms with Gasteiger partial charge >= 0.3 is 5.69 Å². The van der Waals surface area contributed by atoms with Crippen molar-refractivity contribution in [1.29, 1.82) is 0 Å². The molecule has 0 unspecified atom stereocenters. The van der Waals surface area contributed by atoms with Crippen LogP contribution < -0.4 is 16.6 Å². The first kappa shape index (κ1) is 17.2. The Morgan fingerprint density at radius 2 is 1.78 bits per heavy atom.